The van der Waals surface area contributed by atoms with Gasteiger partial charge < -0.3 is 65.1 Å². The molecule has 0 bridgehead atoms. The minimum Gasteiger partial charge on any atom is -0.394 e. The third kappa shape index (κ3) is 27.5. The summed E-state index contributed by atoms with van der Waals surface area (Å²) in [6.45, 7) is 2.57. The highest BCUT2D eigenvalue weighted by Gasteiger charge is 2.51. The summed E-state index contributed by atoms with van der Waals surface area (Å²) >= 11 is 0. The number of allylic oxidation sites excluding steroid dienone is 18. The number of aliphatic hydroxyl groups is 8. The van der Waals surface area contributed by atoms with Crippen LogP contribution in [0, 0.1) is 0 Å². The molecule has 14 nitrogen and oxygen atoms in total. The van der Waals surface area contributed by atoms with Crippen molar-refractivity contribution < 1.29 is 64.6 Å². The average molecular weight is 986 g/mol. The van der Waals surface area contributed by atoms with E-state index in [1.165, 1.54) is 0 Å². The van der Waals surface area contributed by atoms with E-state index in [4.69, 9.17) is 18.9 Å². The van der Waals surface area contributed by atoms with E-state index in [2.05, 4.69) is 129 Å². The van der Waals surface area contributed by atoms with Crippen molar-refractivity contribution in [3.8, 4) is 0 Å². The van der Waals surface area contributed by atoms with E-state index in [9.17, 15) is 45.6 Å². The van der Waals surface area contributed by atoms with Crippen LogP contribution in [0.1, 0.15) is 142 Å². The summed E-state index contributed by atoms with van der Waals surface area (Å²) < 4.78 is 22.6. The Bertz CT molecular complexity index is 1590. The molecule has 0 aliphatic carbocycles. The minimum atomic E-state index is -1.79. The first-order valence-corrected chi connectivity index (χ1v) is 26.1. The summed E-state index contributed by atoms with van der Waals surface area (Å²) in [5.41, 5.74) is 0. The molecule has 2 saturated heterocycles. The Hall–Kier alpha value is -3.35. The second kappa shape index (κ2) is 41.2. The van der Waals surface area contributed by atoms with Crippen molar-refractivity contribution in [2.24, 2.45) is 0 Å². The topological polar surface area (TPSA) is 228 Å². The van der Waals surface area contributed by atoms with Crippen molar-refractivity contribution in [3.05, 3.63) is 109 Å². The van der Waals surface area contributed by atoms with Gasteiger partial charge in [0.15, 0.2) is 12.6 Å². The van der Waals surface area contributed by atoms with Gasteiger partial charge in [0.2, 0.25) is 5.91 Å². The molecule has 2 aliphatic rings. The number of amides is 1. The molecule has 398 valence electrons. The first-order chi connectivity index (χ1) is 34.1. The summed E-state index contributed by atoms with van der Waals surface area (Å²) in [5.74, 6) is -0.253. The number of nitrogens with one attached hydrogen (secondary N) is 1. The van der Waals surface area contributed by atoms with Crippen LogP contribution in [-0.4, -0.2) is 140 Å². The van der Waals surface area contributed by atoms with Crippen LogP contribution in [0.4, 0.5) is 0 Å². The molecular formula is C56H91NO13. The lowest BCUT2D eigenvalue weighted by Gasteiger charge is -2.46. The fourth-order valence-electron chi connectivity index (χ4n) is 7.75. The number of unbranched alkanes of at least 4 members (excludes halogenated alkanes) is 7. The summed E-state index contributed by atoms with van der Waals surface area (Å²) in [6.07, 6.45) is 40.2. The van der Waals surface area contributed by atoms with Crippen molar-refractivity contribution in [1.82, 2.24) is 5.32 Å². The second-order valence-corrected chi connectivity index (χ2v) is 17.9. The fourth-order valence-corrected chi connectivity index (χ4v) is 7.75. The van der Waals surface area contributed by atoms with Gasteiger partial charge in [-0.1, -0.05) is 162 Å². The second-order valence-electron chi connectivity index (χ2n) is 17.9. The van der Waals surface area contributed by atoms with E-state index in [0.29, 0.717) is 12.8 Å². The fraction of sp³-hybridized carbons (Fsp3) is 0.661. The number of carbonyl (C=O) groups is 1. The highest BCUT2D eigenvalue weighted by Crippen LogP contribution is 2.30. The van der Waals surface area contributed by atoms with Crippen LogP contribution >= 0.6 is 0 Å². The van der Waals surface area contributed by atoms with Gasteiger partial charge in [-0.05, 0) is 83.5 Å². The van der Waals surface area contributed by atoms with Crippen LogP contribution in [0.15, 0.2) is 109 Å². The summed E-state index contributed by atoms with van der Waals surface area (Å²) in [5, 5.41) is 86.3. The quantitative estimate of drug-likeness (QED) is 0.0219. The normalized spacial score (nSPS) is 26.9. The predicted molar refractivity (Wildman–Crippen MR) is 276 cm³/mol. The molecule has 2 rings (SSSR count). The van der Waals surface area contributed by atoms with E-state index < -0.39 is 86.8 Å². The number of hydrogen-bond acceptors (Lipinski definition) is 13. The number of ether oxygens (including phenoxy) is 4. The van der Waals surface area contributed by atoms with E-state index in [0.717, 1.165) is 109 Å². The van der Waals surface area contributed by atoms with E-state index in [1.54, 1.807) is 0 Å². The summed E-state index contributed by atoms with van der Waals surface area (Å²) in [6, 6.07) is -0.851. The third-order valence-electron chi connectivity index (χ3n) is 12.0. The molecule has 0 aromatic carbocycles. The molecule has 0 aromatic heterocycles. The lowest BCUT2D eigenvalue weighted by atomic mass is 9.97. The smallest absolute Gasteiger partial charge is 0.220 e. The molecular weight excluding hydrogens is 895 g/mol. The van der Waals surface area contributed by atoms with Crippen LogP contribution in [0.3, 0.4) is 0 Å². The molecule has 1 amide bonds. The van der Waals surface area contributed by atoms with Crippen LogP contribution in [-0.2, 0) is 23.7 Å². The molecule has 0 aromatic rings. The zero-order valence-electron chi connectivity index (χ0n) is 42.2. The standard InChI is InChI=1S/C56H91NO13/c1-3-5-7-9-10-11-12-13-14-15-16-17-18-19-20-21-22-23-24-25-26-27-28-29-30-31-32-33-34-36-38-40-48(61)57-44(45(60)39-37-35-8-6-4-2)43-67-55-53(66)51(64)54(47(42-59)69-55)70-56-52(65)50(63)49(62)46(41-58)68-56/h5,7,10-11,13-14,16-17,19-20,22-23,25-26,28-29,31-32,44-47,49-56,58-60,62-66H,3-4,6,8-9,12,15,18,21,24,27,30,33-43H2,1-2H3,(H,57,61)/b7-5-,11-10-,14-13-,17-16-,20-19-,23-22-,26-25-,29-28-,32-31-. The Kier molecular flexibility index (Phi) is 36.9. The highest BCUT2D eigenvalue weighted by molar-refractivity contribution is 5.76. The van der Waals surface area contributed by atoms with Crippen molar-refractivity contribution in [2.75, 3.05) is 19.8 Å². The maximum absolute atomic E-state index is 13.1. The van der Waals surface area contributed by atoms with Gasteiger partial charge >= 0.3 is 0 Å². The zero-order valence-corrected chi connectivity index (χ0v) is 42.2. The van der Waals surface area contributed by atoms with Crippen LogP contribution < -0.4 is 5.32 Å². The number of hydrogen-bond donors (Lipinski definition) is 9. The number of carbonyl (C=O) groups excluding carboxylic acids is 1. The maximum atomic E-state index is 13.1. The van der Waals surface area contributed by atoms with Crippen molar-refractivity contribution in [1.29, 1.82) is 0 Å². The summed E-state index contributed by atoms with van der Waals surface area (Å²) in [7, 11) is 0. The largest absolute Gasteiger partial charge is 0.394 e. The Labute approximate surface area is 419 Å². The van der Waals surface area contributed by atoms with E-state index in [-0.39, 0.29) is 18.9 Å². The Morgan fingerprint density at radius 2 is 0.986 bits per heavy atom. The SMILES string of the molecule is CC/C=C\C/C=C\C/C=C\C/C=C\C/C=C\C/C=C\C/C=C\C/C=C\C/C=C\CCCCCC(=O)NC(COC1OC(CO)C(OC2OC(CO)C(O)C(O)C2O)C(O)C1O)C(O)CCCCCCC. The van der Waals surface area contributed by atoms with Gasteiger partial charge in [-0.3, -0.25) is 4.79 Å². The first kappa shape index (κ1) is 62.8. The van der Waals surface area contributed by atoms with Gasteiger partial charge in [-0.25, -0.2) is 0 Å². The summed E-state index contributed by atoms with van der Waals surface area (Å²) in [4.78, 5) is 13.1. The lowest BCUT2D eigenvalue weighted by Crippen LogP contribution is -2.65. The van der Waals surface area contributed by atoms with E-state index in [1.807, 2.05) is 0 Å². The minimum absolute atomic E-state index is 0.253. The van der Waals surface area contributed by atoms with Gasteiger partial charge in [-0.15, -0.1) is 0 Å². The van der Waals surface area contributed by atoms with Gasteiger partial charge in [0.25, 0.3) is 0 Å². The maximum Gasteiger partial charge on any atom is 0.220 e. The molecule has 12 atom stereocenters. The van der Waals surface area contributed by atoms with Crippen LogP contribution in [0.25, 0.3) is 0 Å². The molecule has 0 spiro atoms. The Morgan fingerprint density at radius 1 is 0.529 bits per heavy atom. The van der Waals surface area contributed by atoms with E-state index >= 15 is 0 Å². The highest BCUT2D eigenvalue weighted by atomic mass is 16.7. The lowest BCUT2D eigenvalue weighted by molar-refractivity contribution is -0.359. The third-order valence-corrected chi connectivity index (χ3v) is 12.0. The molecule has 14 heteroatoms. The number of rotatable bonds is 38. The molecule has 0 radical (unpaired) electrons. The monoisotopic (exact) mass is 986 g/mol. The number of aliphatic hydroxyl groups excluding tert-OH is 8. The van der Waals surface area contributed by atoms with Crippen molar-refractivity contribution >= 4 is 5.91 Å². The molecule has 0 saturated carbocycles. The molecule has 12 unspecified atom stereocenters. The first-order valence-electron chi connectivity index (χ1n) is 26.1. The molecule has 9 N–H and O–H groups in total. The van der Waals surface area contributed by atoms with Gasteiger partial charge in [0.1, 0.15) is 48.8 Å². The average Bonchev–Trinajstić information content (AvgIpc) is 3.36. The van der Waals surface area contributed by atoms with Crippen molar-refractivity contribution in [3.63, 3.8) is 0 Å². The Morgan fingerprint density at radius 3 is 1.49 bits per heavy atom. The molecule has 2 heterocycles. The zero-order chi connectivity index (χ0) is 51.0. The molecule has 2 fully saturated rings. The van der Waals surface area contributed by atoms with Gasteiger partial charge in [0.05, 0.1) is 32.0 Å². The molecule has 70 heavy (non-hydrogen) atoms. The van der Waals surface area contributed by atoms with Crippen molar-refractivity contribution in [2.45, 2.75) is 216 Å². The Balaban J connectivity index is 1.66. The van der Waals surface area contributed by atoms with Crippen LogP contribution in [0.2, 0.25) is 0 Å². The molecule has 2 aliphatic heterocycles. The van der Waals surface area contributed by atoms with Gasteiger partial charge in [-0.2, -0.15) is 0 Å². The van der Waals surface area contributed by atoms with Gasteiger partial charge in [0, 0.05) is 6.42 Å². The predicted octanol–water partition coefficient (Wildman–Crippen LogP) is 7.32. The van der Waals surface area contributed by atoms with Crippen LogP contribution in [0.5, 0.6) is 0 Å².